The van der Waals surface area contributed by atoms with E-state index in [-0.39, 0.29) is 10.8 Å². The van der Waals surface area contributed by atoms with Crippen LogP contribution in [0.2, 0.25) is 5.02 Å². The van der Waals surface area contributed by atoms with E-state index in [9.17, 15) is 4.39 Å². The van der Waals surface area contributed by atoms with Gasteiger partial charge in [-0.3, -0.25) is 0 Å². The normalized spacial score (nSPS) is 10.6. The Hall–Kier alpha value is -1.07. The highest BCUT2D eigenvalue weighted by Gasteiger charge is 2.17. The van der Waals surface area contributed by atoms with E-state index in [1.165, 1.54) is 12.1 Å². The van der Waals surface area contributed by atoms with Crippen molar-refractivity contribution in [2.24, 2.45) is 0 Å². The fourth-order valence-electron chi connectivity index (χ4n) is 1.14. The van der Waals surface area contributed by atoms with Crippen LogP contribution in [0.4, 0.5) is 10.2 Å². The number of nitrogens with zero attached hydrogens (tertiary/aromatic N) is 1. The molecule has 2 aromatic rings. The van der Waals surface area contributed by atoms with Crippen molar-refractivity contribution in [3.63, 3.8) is 0 Å². The number of anilines is 1. The van der Waals surface area contributed by atoms with Crippen LogP contribution in [0.5, 0.6) is 0 Å². The van der Waals surface area contributed by atoms with E-state index in [1.54, 1.807) is 6.07 Å². The largest absolute Gasteiger partial charge is 0.380 e. The fourth-order valence-corrected chi connectivity index (χ4v) is 1.71. The summed E-state index contributed by atoms with van der Waals surface area (Å²) in [4.78, 5) is 0. The molecule has 0 saturated heterocycles. The Balaban J connectivity index is 2.64. The molecule has 1 aromatic heterocycles. The van der Waals surface area contributed by atoms with Crippen LogP contribution in [0.1, 0.15) is 0 Å². The number of benzene rings is 1. The van der Waals surface area contributed by atoms with Crippen LogP contribution in [0, 0.1) is 5.82 Å². The van der Waals surface area contributed by atoms with Gasteiger partial charge in [0, 0.05) is 5.56 Å². The first-order valence-electron chi connectivity index (χ1n) is 3.96. The predicted molar refractivity (Wildman–Crippen MR) is 59.0 cm³/mol. The van der Waals surface area contributed by atoms with Gasteiger partial charge in [-0.2, -0.15) is 0 Å². The second-order valence-electron chi connectivity index (χ2n) is 2.81. The minimum absolute atomic E-state index is 0.0191. The highest BCUT2D eigenvalue weighted by atomic mass is 79.9. The maximum absolute atomic E-state index is 13.2. The molecular weight excluding hydrogens is 286 g/mol. The van der Waals surface area contributed by atoms with Crippen LogP contribution >= 0.6 is 27.5 Å². The minimum Gasteiger partial charge on any atom is -0.380 e. The van der Waals surface area contributed by atoms with Crippen molar-refractivity contribution in [1.29, 1.82) is 0 Å². The molecule has 1 heterocycles. The summed E-state index contributed by atoms with van der Waals surface area (Å²) in [7, 11) is 0. The fraction of sp³-hybridized carbons (Fsp3) is 0. The number of hydrogen-bond donors (Lipinski definition) is 1. The SMILES string of the molecule is Nc1noc(-c2cccc(F)c2Cl)c1Br. The Labute approximate surface area is 98.1 Å². The van der Waals surface area contributed by atoms with E-state index in [0.29, 0.717) is 15.8 Å². The Bertz CT molecular complexity index is 515. The Morgan fingerprint density at radius 3 is 2.80 bits per heavy atom. The van der Waals surface area contributed by atoms with Gasteiger partial charge in [-0.05, 0) is 28.1 Å². The molecule has 0 atom stereocenters. The molecule has 0 aliphatic carbocycles. The van der Waals surface area contributed by atoms with E-state index >= 15 is 0 Å². The summed E-state index contributed by atoms with van der Waals surface area (Å²) in [6, 6.07) is 4.41. The van der Waals surface area contributed by atoms with Gasteiger partial charge in [0.25, 0.3) is 0 Å². The van der Waals surface area contributed by atoms with Gasteiger partial charge < -0.3 is 10.3 Å². The molecule has 0 radical (unpaired) electrons. The van der Waals surface area contributed by atoms with Crippen LogP contribution in [0.15, 0.2) is 27.2 Å². The van der Waals surface area contributed by atoms with Gasteiger partial charge in [-0.25, -0.2) is 4.39 Å². The maximum Gasteiger partial charge on any atom is 0.184 e. The average molecular weight is 292 g/mol. The molecule has 0 aliphatic heterocycles. The third-order valence-corrected chi connectivity index (χ3v) is 3.01. The molecule has 0 amide bonds. The lowest BCUT2D eigenvalue weighted by atomic mass is 10.1. The summed E-state index contributed by atoms with van der Waals surface area (Å²) in [5.74, 6) is -0.00151. The van der Waals surface area contributed by atoms with Gasteiger partial charge in [0.1, 0.15) is 10.3 Å². The number of nitrogens with two attached hydrogens (primary N) is 1. The van der Waals surface area contributed by atoms with Gasteiger partial charge in [0.2, 0.25) is 0 Å². The van der Waals surface area contributed by atoms with Crippen molar-refractivity contribution < 1.29 is 8.91 Å². The molecule has 0 fully saturated rings. The topological polar surface area (TPSA) is 52.0 Å². The quantitative estimate of drug-likeness (QED) is 0.875. The lowest BCUT2D eigenvalue weighted by Gasteiger charge is -2.00. The number of aromatic nitrogens is 1. The zero-order valence-electron chi connectivity index (χ0n) is 7.30. The number of halogens is 3. The molecule has 1 aromatic carbocycles. The molecule has 2 N–H and O–H groups in total. The van der Waals surface area contributed by atoms with E-state index in [0.717, 1.165) is 0 Å². The summed E-state index contributed by atoms with van der Waals surface area (Å²) in [6.45, 7) is 0. The second-order valence-corrected chi connectivity index (χ2v) is 3.98. The van der Waals surface area contributed by atoms with E-state index in [2.05, 4.69) is 21.1 Å². The molecule has 78 valence electrons. The molecule has 0 unspecified atom stereocenters. The summed E-state index contributed by atoms with van der Waals surface area (Å²) >= 11 is 8.97. The molecule has 15 heavy (non-hydrogen) atoms. The average Bonchev–Trinajstić information content (AvgIpc) is 2.53. The van der Waals surface area contributed by atoms with Crippen LogP contribution in [-0.4, -0.2) is 5.16 Å². The maximum atomic E-state index is 13.2. The highest BCUT2D eigenvalue weighted by molar-refractivity contribution is 9.10. The van der Waals surface area contributed by atoms with Crippen molar-refractivity contribution in [3.05, 3.63) is 33.5 Å². The Morgan fingerprint density at radius 2 is 2.20 bits per heavy atom. The van der Waals surface area contributed by atoms with E-state index in [1.807, 2.05) is 0 Å². The zero-order valence-corrected chi connectivity index (χ0v) is 9.64. The van der Waals surface area contributed by atoms with Crippen molar-refractivity contribution in [3.8, 4) is 11.3 Å². The summed E-state index contributed by atoms with van der Waals surface area (Å²) in [6.07, 6.45) is 0. The molecule has 0 bridgehead atoms. The Morgan fingerprint density at radius 1 is 1.47 bits per heavy atom. The first kappa shape index (κ1) is 10.4. The molecule has 3 nitrogen and oxygen atoms in total. The second kappa shape index (κ2) is 3.83. The zero-order chi connectivity index (χ0) is 11.0. The van der Waals surface area contributed by atoms with Crippen molar-refractivity contribution in [1.82, 2.24) is 5.16 Å². The van der Waals surface area contributed by atoms with Crippen LogP contribution in [-0.2, 0) is 0 Å². The van der Waals surface area contributed by atoms with Gasteiger partial charge in [0.05, 0.1) is 5.02 Å². The van der Waals surface area contributed by atoms with Crippen molar-refractivity contribution >= 4 is 33.3 Å². The van der Waals surface area contributed by atoms with E-state index in [4.69, 9.17) is 21.9 Å². The third kappa shape index (κ3) is 1.72. The van der Waals surface area contributed by atoms with Gasteiger partial charge in [-0.1, -0.05) is 22.8 Å². The smallest absolute Gasteiger partial charge is 0.184 e. The van der Waals surface area contributed by atoms with E-state index < -0.39 is 5.82 Å². The van der Waals surface area contributed by atoms with Gasteiger partial charge in [0.15, 0.2) is 11.6 Å². The van der Waals surface area contributed by atoms with Crippen LogP contribution in [0.25, 0.3) is 11.3 Å². The monoisotopic (exact) mass is 290 g/mol. The lowest BCUT2D eigenvalue weighted by molar-refractivity contribution is 0.435. The third-order valence-electron chi connectivity index (χ3n) is 1.86. The molecule has 0 aliphatic rings. The highest BCUT2D eigenvalue weighted by Crippen LogP contribution is 2.37. The van der Waals surface area contributed by atoms with Crippen LogP contribution in [0.3, 0.4) is 0 Å². The molecule has 0 spiro atoms. The first-order chi connectivity index (χ1) is 7.11. The number of rotatable bonds is 1. The van der Waals surface area contributed by atoms with Crippen molar-refractivity contribution in [2.75, 3.05) is 5.73 Å². The first-order valence-corrected chi connectivity index (χ1v) is 5.13. The number of nitrogen functional groups attached to an aromatic ring is 1. The van der Waals surface area contributed by atoms with Gasteiger partial charge in [-0.15, -0.1) is 0 Å². The minimum atomic E-state index is -0.518. The molecule has 6 heteroatoms. The standard InChI is InChI=1S/C9H5BrClFN2O/c10-6-8(15-14-9(6)13)4-2-1-3-5(12)7(4)11/h1-3H,(H2,13,14). The van der Waals surface area contributed by atoms with Crippen LogP contribution < -0.4 is 5.73 Å². The molecule has 2 rings (SSSR count). The number of hydrogen-bond acceptors (Lipinski definition) is 3. The van der Waals surface area contributed by atoms with Gasteiger partial charge >= 0.3 is 0 Å². The summed E-state index contributed by atoms with van der Waals surface area (Å²) in [5, 5.41) is 3.52. The predicted octanol–water partition coefficient (Wildman–Crippen LogP) is 3.48. The Kier molecular flexibility index (Phi) is 2.67. The summed E-state index contributed by atoms with van der Waals surface area (Å²) in [5.41, 5.74) is 5.89. The lowest BCUT2D eigenvalue weighted by Crippen LogP contribution is -1.85. The molecule has 0 saturated carbocycles. The van der Waals surface area contributed by atoms with Crippen molar-refractivity contribution in [2.45, 2.75) is 0 Å². The molecular formula is C9H5BrClFN2O. The summed E-state index contributed by atoms with van der Waals surface area (Å²) < 4.78 is 18.6.